The number of benzene rings is 1. The van der Waals surface area contributed by atoms with E-state index in [0.29, 0.717) is 33.5 Å². The molecule has 1 aromatic carbocycles. The first-order chi connectivity index (χ1) is 12.0. The van der Waals surface area contributed by atoms with Gasteiger partial charge in [0.1, 0.15) is 5.00 Å². The number of nitrogens with one attached hydrogen (secondary N) is 1. The average molecular weight is 358 g/mol. The first kappa shape index (κ1) is 16.0. The molecule has 0 fully saturated rings. The second-order valence-electron chi connectivity index (χ2n) is 6.44. The molecule has 0 spiro atoms. The van der Waals surface area contributed by atoms with Gasteiger partial charge in [-0.25, -0.2) is 0 Å². The van der Waals surface area contributed by atoms with E-state index >= 15 is 0 Å². The zero-order valence-electron chi connectivity index (χ0n) is 13.8. The van der Waals surface area contributed by atoms with Gasteiger partial charge in [-0.05, 0) is 48.9 Å². The maximum Gasteiger partial charge on any atom is 0.256 e. The molecular formula is C18H18N2O4S. The number of fused-ring (bicyclic) bond motifs is 2. The molecular weight excluding hydrogens is 340 g/mol. The quantitative estimate of drug-likeness (QED) is 0.882. The number of anilines is 1. The van der Waals surface area contributed by atoms with Crippen molar-refractivity contribution in [3.05, 3.63) is 39.8 Å². The van der Waals surface area contributed by atoms with Crippen LogP contribution in [0.3, 0.4) is 0 Å². The molecule has 1 aliphatic heterocycles. The maximum atomic E-state index is 12.6. The minimum Gasteiger partial charge on any atom is -0.454 e. The molecule has 1 aromatic heterocycles. The van der Waals surface area contributed by atoms with Crippen LogP contribution in [0.25, 0.3) is 0 Å². The molecule has 2 heterocycles. The van der Waals surface area contributed by atoms with Crippen LogP contribution in [0.5, 0.6) is 11.5 Å². The van der Waals surface area contributed by atoms with Gasteiger partial charge in [-0.3, -0.25) is 9.59 Å². The van der Waals surface area contributed by atoms with Crippen LogP contribution in [0, 0.1) is 5.92 Å². The summed E-state index contributed by atoms with van der Waals surface area (Å²) in [5.41, 5.74) is 7.49. The standard InChI is InChI=1S/C18H18N2O4S/c1-9-2-4-11-14(6-9)25-18(15(11)16(19)21)20-17(22)10-3-5-12-13(7-10)24-8-23-12/h3,5,7,9H,2,4,6,8H2,1H3,(H2,19,21)(H,20,22)/t9-/m0/s1. The minimum atomic E-state index is -0.493. The van der Waals surface area contributed by atoms with Crippen LogP contribution in [0.2, 0.25) is 0 Å². The lowest BCUT2D eigenvalue weighted by molar-refractivity contribution is 0.1000. The summed E-state index contributed by atoms with van der Waals surface area (Å²) in [6.45, 7) is 2.35. The molecule has 0 bridgehead atoms. The van der Waals surface area contributed by atoms with Crippen LogP contribution in [-0.4, -0.2) is 18.6 Å². The molecule has 0 unspecified atom stereocenters. The highest BCUT2D eigenvalue weighted by Gasteiger charge is 2.27. The van der Waals surface area contributed by atoms with E-state index in [0.717, 1.165) is 29.7 Å². The summed E-state index contributed by atoms with van der Waals surface area (Å²) in [6.07, 6.45) is 2.77. The van der Waals surface area contributed by atoms with Gasteiger partial charge in [0.2, 0.25) is 6.79 Å². The van der Waals surface area contributed by atoms with Crippen molar-refractivity contribution in [1.29, 1.82) is 0 Å². The SMILES string of the molecule is C[C@H]1CCc2c(sc(NC(=O)c3ccc4c(c3)OCO4)c2C(N)=O)C1. The minimum absolute atomic E-state index is 0.155. The molecule has 0 saturated carbocycles. The number of ether oxygens (including phenoxy) is 2. The summed E-state index contributed by atoms with van der Waals surface area (Å²) in [5, 5.41) is 3.39. The Morgan fingerprint density at radius 2 is 2.08 bits per heavy atom. The topological polar surface area (TPSA) is 90.7 Å². The van der Waals surface area contributed by atoms with E-state index in [9.17, 15) is 9.59 Å². The van der Waals surface area contributed by atoms with E-state index in [1.807, 2.05) is 0 Å². The van der Waals surface area contributed by atoms with Gasteiger partial charge in [-0.2, -0.15) is 0 Å². The average Bonchev–Trinajstić information content (AvgIpc) is 3.17. The molecule has 3 N–H and O–H groups in total. The Labute approximate surface area is 148 Å². The van der Waals surface area contributed by atoms with Gasteiger partial charge >= 0.3 is 0 Å². The fourth-order valence-corrected chi connectivity index (χ4v) is 4.72. The number of carbonyl (C=O) groups excluding carboxylic acids is 2. The predicted octanol–water partition coefficient (Wildman–Crippen LogP) is 2.95. The Bertz CT molecular complexity index is 874. The summed E-state index contributed by atoms with van der Waals surface area (Å²) in [7, 11) is 0. The molecule has 2 aromatic rings. The maximum absolute atomic E-state index is 12.6. The summed E-state index contributed by atoms with van der Waals surface area (Å²) < 4.78 is 10.6. The number of carbonyl (C=O) groups is 2. The van der Waals surface area contributed by atoms with Gasteiger partial charge in [-0.15, -0.1) is 11.3 Å². The van der Waals surface area contributed by atoms with Gasteiger partial charge in [0.15, 0.2) is 11.5 Å². The monoisotopic (exact) mass is 358 g/mol. The van der Waals surface area contributed by atoms with Crippen LogP contribution >= 0.6 is 11.3 Å². The lowest BCUT2D eigenvalue weighted by atomic mass is 9.88. The number of nitrogens with two attached hydrogens (primary N) is 1. The fraction of sp³-hybridized carbons (Fsp3) is 0.333. The van der Waals surface area contributed by atoms with Crippen molar-refractivity contribution in [2.24, 2.45) is 11.7 Å². The molecule has 2 aliphatic rings. The van der Waals surface area contributed by atoms with Crippen molar-refractivity contribution in [2.45, 2.75) is 26.2 Å². The molecule has 25 heavy (non-hydrogen) atoms. The summed E-state index contributed by atoms with van der Waals surface area (Å²) in [4.78, 5) is 25.7. The smallest absolute Gasteiger partial charge is 0.256 e. The molecule has 1 atom stereocenters. The summed E-state index contributed by atoms with van der Waals surface area (Å²) >= 11 is 1.45. The first-order valence-corrected chi connectivity index (χ1v) is 9.00. The zero-order chi connectivity index (χ0) is 17.6. The van der Waals surface area contributed by atoms with Crippen molar-refractivity contribution in [3.8, 4) is 11.5 Å². The van der Waals surface area contributed by atoms with Gasteiger partial charge in [0.25, 0.3) is 11.8 Å². The summed E-state index contributed by atoms with van der Waals surface area (Å²) in [6, 6.07) is 5.01. The third-order valence-electron chi connectivity index (χ3n) is 4.62. The van der Waals surface area contributed by atoms with E-state index < -0.39 is 5.91 Å². The van der Waals surface area contributed by atoms with Crippen LogP contribution in [0.15, 0.2) is 18.2 Å². The highest BCUT2D eigenvalue weighted by Crippen LogP contribution is 2.40. The van der Waals surface area contributed by atoms with Crippen LogP contribution in [0.4, 0.5) is 5.00 Å². The Balaban J connectivity index is 1.64. The molecule has 6 nitrogen and oxygen atoms in total. The highest BCUT2D eigenvalue weighted by molar-refractivity contribution is 7.17. The van der Waals surface area contributed by atoms with Gasteiger partial charge in [0.05, 0.1) is 5.56 Å². The van der Waals surface area contributed by atoms with E-state index in [4.69, 9.17) is 15.2 Å². The third kappa shape index (κ3) is 2.84. The van der Waals surface area contributed by atoms with Crippen LogP contribution in [0.1, 0.15) is 44.5 Å². The normalized spacial score (nSPS) is 17.9. The largest absolute Gasteiger partial charge is 0.454 e. The second-order valence-corrected chi connectivity index (χ2v) is 7.55. The number of thiophene rings is 1. The lowest BCUT2D eigenvalue weighted by Crippen LogP contribution is -2.19. The zero-order valence-corrected chi connectivity index (χ0v) is 14.6. The van der Waals surface area contributed by atoms with Crippen LogP contribution in [-0.2, 0) is 12.8 Å². The van der Waals surface area contributed by atoms with Gasteiger partial charge < -0.3 is 20.5 Å². The molecule has 0 radical (unpaired) electrons. The van der Waals surface area contributed by atoms with E-state index in [-0.39, 0.29) is 12.7 Å². The Morgan fingerprint density at radius 1 is 1.28 bits per heavy atom. The molecule has 0 saturated heterocycles. The predicted molar refractivity (Wildman–Crippen MR) is 94.5 cm³/mol. The lowest BCUT2D eigenvalue weighted by Gasteiger charge is -2.18. The third-order valence-corrected chi connectivity index (χ3v) is 5.79. The number of primary amides is 1. The number of rotatable bonds is 3. The van der Waals surface area contributed by atoms with Crippen molar-refractivity contribution in [1.82, 2.24) is 0 Å². The van der Waals surface area contributed by atoms with Crippen molar-refractivity contribution < 1.29 is 19.1 Å². The molecule has 4 rings (SSSR count). The molecule has 1 aliphatic carbocycles. The van der Waals surface area contributed by atoms with Crippen molar-refractivity contribution in [2.75, 3.05) is 12.1 Å². The van der Waals surface area contributed by atoms with E-state index in [1.54, 1.807) is 18.2 Å². The molecule has 7 heteroatoms. The Kier molecular flexibility index (Phi) is 3.88. The molecule has 2 amide bonds. The summed E-state index contributed by atoms with van der Waals surface area (Å²) in [5.74, 6) is 0.946. The number of hydrogen-bond donors (Lipinski definition) is 2. The van der Waals surface area contributed by atoms with E-state index in [1.165, 1.54) is 11.3 Å². The Hall–Kier alpha value is -2.54. The number of amides is 2. The highest BCUT2D eigenvalue weighted by atomic mass is 32.1. The van der Waals surface area contributed by atoms with Gasteiger partial charge in [0, 0.05) is 10.4 Å². The van der Waals surface area contributed by atoms with E-state index in [2.05, 4.69) is 12.2 Å². The van der Waals surface area contributed by atoms with Crippen molar-refractivity contribution in [3.63, 3.8) is 0 Å². The fourth-order valence-electron chi connectivity index (χ4n) is 3.31. The number of hydrogen-bond acceptors (Lipinski definition) is 5. The Morgan fingerprint density at radius 3 is 2.88 bits per heavy atom. The van der Waals surface area contributed by atoms with Gasteiger partial charge in [-0.1, -0.05) is 6.92 Å². The molecule has 130 valence electrons. The van der Waals surface area contributed by atoms with Crippen LogP contribution < -0.4 is 20.5 Å². The van der Waals surface area contributed by atoms with Crippen molar-refractivity contribution >= 4 is 28.2 Å². The second kappa shape index (κ2) is 6.07. The first-order valence-electron chi connectivity index (χ1n) is 8.18.